The van der Waals surface area contributed by atoms with Crippen LogP contribution in [0.3, 0.4) is 0 Å². The number of rotatable bonds is 4. The van der Waals surface area contributed by atoms with Crippen molar-refractivity contribution in [1.82, 2.24) is 4.72 Å². The lowest BCUT2D eigenvalue weighted by Crippen LogP contribution is -2.47. The molecule has 0 radical (unpaired) electrons. The van der Waals surface area contributed by atoms with Crippen LogP contribution in [0.1, 0.15) is 0 Å². The van der Waals surface area contributed by atoms with E-state index in [1.165, 1.54) is 11.0 Å². The lowest BCUT2D eigenvalue weighted by Gasteiger charge is -2.34. The molecule has 0 bridgehead atoms. The van der Waals surface area contributed by atoms with Gasteiger partial charge in [-0.3, -0.25) is 4.90 Å². The van der Waals surface area contributed by atoms with Crippen LogP contribution >= 0.6 is 11.8 Å². The SMILES string of the molecule is CS(=O)(=O)NC[C@@H]1OC(=O)N2c3cc(F)c(N4CCSCC4)cc3OC[C@@H]12. The molecule has 0 saturated carbocycles. The van der Waals surface area contributed by atoms with Gasteiger partial charge in [-0.25, -0.2) is 22.3 Å². The number of carbonyl (C=O) groups excluding carboxylic acids is 1. The summed E-state index contributed by atoms with van der Waals surface area (Å²) in [5.41, 5.74) is 0.779. The van der Waals surface area contributed by atoms with E-state index in [1.807, 2.05) is 16.7 Å². The van der Waals surface area contributed by atoms with Gasteiger partial charge in [-0.2, -0.15) is 11.8 Å². The quantitative estimate of drug-likeness (QED) is 0.782. The van der Waals surface area contributed by atoms with Gasteiger partial charge in [0.25, 0.3) is 0 Å². The second-order valence-electron chi connectivity index (χ2n) is 6.66. The van der Waals surface area contributed by atoms with Crippen molar-refractivity contribution in [3.05, 3.63) is 17.9 Å². The topological polar surface area (TPSA) is 88.2 Å². The zero-order valence-electron chi connectivity index (χ0n) is 14.7. The lowest BCUT2D eigenvalue weighted by molar-refractivity contribution is 0.124. The first-order chi connectivity index (χ1) is 12.8. The van der Waals surface area contributed by atoms with E-state index in [4.69, 9.17) is 9.47 Å². The molecule has 3 heterocycles. The summed E-state index contributed by atoms with van der Waals surface area (Å²) in [5, 5.41) is 0. The van der Waals surface area contributed by atoms with Crippen molar-refractivity contribution in [2.24, 2.45) is 0 Å². The number of hydrogen-bond acceptors (Lipinski definition) is 7. The molecule has 1 aromatic carbocycles. The molecule has 0 spiro atoms. The van der Waals surface area contributed by atoms with Crippen LogP contribution in [0, 0.1) is 5.82 Å². The van der Waals surface area contributed by atoms with Crippen molar-refractivity contribution in [1.29, 1.82) is 0 Å². The van der Waals surface area contributed by atoms with E-state index in [0.717, 1.165) is 30.9 Å². The molecule has 148 valence electrons. The number of cyclic esters (lactones) is 1. The maximum Gasteiger partial charge on any atom is 0.415 e. The van der Waals surface area contributed by atoms with Crippen molar-refractivity contribution in [2.75, 3.05) is 53.8 Å². The van der Waals surface area contributed by atoms with Gasteiger partial charge < -0.3 is 14.4 Å². The van der Waals surface area contributed by atoms with E-state index in [1.54, 1.807) is 6.07 Å². The highest BCUT2D eigenvalue weighted by molar-refractivity contribution is 7.99. The fourth-order valence-corrected chi connectivity index (χ4v) is 4.86. The number of nitrogens with zero attached hydrogens (tertiary/aromatic N) is 2. The fraction of sp³-hybridized carbons (Fsp3) is 0.562. The summed E-state index contributed by atoms with van der Waals surface area (Å²) in [7, 11) is -3.42. The van der Waals surface area contributed by atoms with Gasteiger partial charge in [-0.05, 0) is 0 Å². The standard InChI is InChI=1S/C16H20FN3O5S2/c1-27(22,23)18-8-15-13-9-24-14-7-11(19-2-4-26-5-3-19)10(17)6-12(14)20(13)16(21)25-15/h6-7,13,15,18H,2-5,8-9H2,1H3/t13-,15-/m0/s1. The normalized spacial score (nSPS) is 24.9. The monoisotopic (exact) mass is 417 g/mol. The number of thioether (sulfide) groups is 1. The largest absolute Gasteiger partial charge is 0.489 e. The molecule has 27 heavy (non-hydrogen) atoms. The Balaban J connectivity index is 1.59. The smallest absolute Gasteiger partial charge is 0.415 e. The second-order valence-corrected chi connectivity index (χ2v) is 9.72. The minimum Gasteiger partial charge on any atom is -0.489 e. The third-order valence-electron chi connectivity index (χ3n) is 4.81. The molecule has 1 amide bonds. The first-order valence-corrected chi connectivity index (χ1v) is 11.6. The van der Waals surface area contributed by atoms with Crippen molar-refractivity contribution in [3.8, 4) is 5.75 Å². The number of nitrogens with one attached hydrogen (secondary N) is 1. The van der Waals surface area contributed by atoms with Crippen LogP contribution in [-0.2, 0) is 14.8 Å². The number of anilines is 2. The van der Waals surface area contributed by atoms with Crippen molar-refractivity contribution in [2.45, 2.75) is 12.1 Å². The Morgan fingerprint density at radius 3 is 2.74 bits per heavy atom. The number of benzene rings is 1. The molecule has 2 saturated heterocycles. The van der Waals surface area contributed by atoms with E-state index in [9.17, 15) is 17.6 Å². The molecule has 2 atom stereocenters. The molecule has 0 aliphatic carbocycles. The number of ether oxygens (including phenoxy) is 2. The van der Waals surface area contributed by atoms with Crippen LogP contribution in [0.25, 0.3) is 0 Å². The van der Waals surface area contributed by atoms with Gasteiger partial charge in [0.15, 0.2) is 0 Å². The van der Waals surface area contributed by atoms with Crippen LogP contribution in [-0.4, -0.2) is 70.7 Å². The first-order valence-electron chi connectivity index (χ1n) is 8.57. The second kappa shape index (κ2) is 7.02. The predicted octanol–water partition coefficient (Wildman–Crippen LogP) is 1.01. The van der Waals surface area contributed by atoms with E-state index < -0.39 is 34.1 Å². The third kappa shape index (κ3) is 3.67. The van der Waals surface area contributed by atoms with Gasteiger partial charge in [-0.1, -0.05) is 0 Å². The number of carbonyl (C=O) groups is 1. The van der Waals surface area contributed by atoms with Gasteiger partial charge in [-0.15, -0.1) is 0 Å². The number of hydrogen-bond donors (Lipinski definition) is 1. The van der Waals surface area contributed by atoms with Crippen LogP contribution in [0.2, 0.25) is 0 Å². The molecule has 11 heteroatoms. The molecule has 3 aliphatic heterocycles. The van der Waals surface area contributed by atoms with Crippen molar-refractivity contribution >= 4 is 39.3 Å². The molecule has 8 nitrogen and oxygen atoms in total. The van der Waals surface area contributed by atoms with Crippen LogP contribution in [0.5, 0.6) is 5.75 Å². The highest BCUT2D eigenvalue weighted by atomic mass is 32.2. The van der Waals surface area contributed by atoms with Crippen molar-refractivity contribution in [3.63, 3.8) is 0 Å². The molecule has 0 unspecified atom stereocenters. The molecule has 1 N–H and O–H groups in total. The first kappa shape index (κ1) is 18.6. The van der Waals surface area contributed by atoms with Gasteiger partial charge in [0.1, 0.15) is 30.3 Å². The molecule has 1 aromatic rings. The maximum atomic E-state index is 14.8. The summed E-state index contributed by atoms with van der Waals surface area (Å²) >= 11 is 1.83. The Morgan fingerprint density at radius 2 is 2.04 bits per heavy atom. The maximum absolute atomic E-state index is 14.8. The van der Waals surface area contributed by atoms with Crippen LogP contribution in [0.15, 0.2) is 12.1 Å². The highest BCUT2D eigenvalue weighted by Gasteiger charge is 2.47. The van der Waals surface area contributed by atoms with Crippen molar-refractivity contribution < 1.29 is 27.1 Å². The van der Waals surface area contributed by atoms with E-state index >= 15 is 0 Å². The average molecular weight is 417 g/mol. The Kier molecular flexibility index (Phi) is 4.85. The van der Waals surface area contributed by atoms with Crippen LogP contribution in [0.4, 0.5) is 20.6 Å². The molecule has 4 rings (SSSR count). The number of sulfonamides is 1. The summed E-state index contributed by atoms with van der Waals surface area (Å²) in [6, 6.07) is 2.41. The van der Waals surface area contributed by atoms with Gasteiger partial charge in [0.2, 0.25) is 10.0 Å². The zero-order valence-corrected chi connectivity index (χ0v) is 16.3. The number of amides is 1. The van der Waals surface area contributed by atoms with Gasteiger partial charge in [0.05, 0.1) is 17.6 Å². The summed E-state index contributed by atoms with van der Waals surface area (Å²) in [4.78, 5) is 15.7. The van der Waals surface area contributed by atoms with E-state index in [2.05, 4.69) is 4.72 Å². The summed E-state index contributed by atoms with van der Waals surface area (Å²) in [6.07, 6.45) is -0.307. The summed E-state index contributed by atoms with van der Waals surface area (Å²) in [6.45, 7) is 1.61. The number of halogens is 1. The lowest BCUT2D eigenvalue weighted by atomic mass is 10.1. The summed E-state index contributed by atoms with van der Waals surface area (Å²) in [5.74, 6) is 1.88. The third-order valence-corrected chi connectivity index (χ3v) is 6.44. The van der Waals surface area contributed by atoms with Crippen LogP contribution < -0.4 is 19.3 Å². The highest BCUT2D eigenvalue weighted by Crippen LogP contribution is 2.42. The molecular formula is C16H20FN3O5S2. The van der Waals surface area contributed by atoms with E-state index in [-0.39, 0.29) is 13.2 Å². The Hall–Kier alpha value is -1.72. The number of fused-ring (bicyclic) bond motifs is 3. The van der Waals surface area contributed by atoms with Gasteiger partial charge >= 0.3 is 6.09 Å². The predicted molar refractivity (Wildman–Crippen MR) is 101 cm³/mol. The summed E-state index contributed by atoms with van der Waals surface area (Å²) < 4.78 is 50.8. The molecular weight excluding hydrogens is 397 g/mol. The van der Waals surface area contributed by atoms with Gasteiger partial charge in [0, 0.05) is 43.3 Å². The average Bonchev–Trinajstić information content (AvgIpc) is 2.96. The minimum atomic E-state index is -3.42. The van der Waals surface area contributed by atoms with E-state index in [0.29, 0.717) is 17.1 Å². The molecule has 2 fully saturated rings. The minimum absolute atomic E-state index is 0.0591. The Labute approximate surface area is 161 Å². The fourth-order valence-electron chi connectivity index (χ4n) is 3.49. The molecule has 3 aliphatic rings. The Bertz CT molecular complexity index is 860. The zero-order chi connectivity index (χ0) is 19.2. The Morgan fingerprint density at radius 1 is 1.30 bits per heavy atom. The molecule has 0 aromatic heterocycles.